The molecule has 0 N–H and O–H groups in total. The molecule has 2 bridgehead atoms. The highest BCUT2D eigenvalue weighted by atomic mass is 32.2. The SMILES string of the molecule is C=S1(=O)OC2(C)C3(C)C(C)C(C)(CC31)C2(C)C. The lowest BCUT2D eigenvalue weighted by atomic mass is 9.57. The van der Waals surface area contributed by atoms with Crippen molar-refractivity contribution in [2.45, 2.75) is 58.8 Å². The predicted molar refractivity (Wildman–Crippen MR) is 72.3 cm³/mol. The van der Waals surface area contributed by atoms with Crippen molar-refractivity contribution < 1.29 is 8.39 Å². The molecular weight excluding hydrogens is 232 g/mol. The lowest BCUT2D eigenvalue weighted by molar-refractivity contribution is -0.0909. The van der Waals surface area contributed by atoms with Crippen molar-refractivity contribution in [3.05, 3.63) is 0 Å². The van der Waals surface area contributed by atoms with Crippen molar-refractivity contribution in [1.82, 2.24) is 0 Å². The second kappa shape index (κ2) is 2.49. The first-order valence-corrected chi connectivity index (χ1v) is 8.23. The van der Waals surface area contributed by atoms with Gasteiger partial charge in [0.25, 0.3) is 0 Å². The Morgan fingerprint density at radius 3 is 2.18 bits per heavy atom. The summed E-state index contributed by atoms with van der Waals surface area (Å²) in [5.41, 5.74) is -0.0560. The first kappa shape index (κ1) is 12.0. The van der Waals surface area contributed by atoms with Gasteiger partial charge in [-0.15, -0.1) is 0 Å². The molecule has 0 amide bonds. The van der Waals surface area contributed by atoms with Gasteiger partial charge < -0.3 is 0 Å². The predicted octanol–water partition coefficient (Wildman–Crippen LogP) is 2.87. The van der Waals surface area contributed by atoms with Crippen LogP contribution in [0.4, 0.5) is 0 Å². The molecule has 1 saturated heterocycles. The van der Waals surface area contributed by atoms with E-state index in [0.717, 1.165) is 6.42 Å². The minimum atomic E-state index is -2.39. The van der Waals surface area contributed by atoms with Gasteiger partial charge in [-0.3, -0.25) is 4.18 Å². The Morgan fingerprint density at radius 2 is 1.76 bits per heavy atom. The highest BCUT2D eigenvalue weighted by Crippen LogP contribution is 2.81. The zero-order valence-corrected chi connectivity index (χ0v) is 12.6. The van der Waals surface area contributed by atoms with Crippen molar-refractivity contribution in [2.75, 3.05) is 0 Å². The summed E-state index contributed by atoms with van der Waals surface area (Å²) in [6, 6.07) is 0. The van der Waals surface area contributed by atoms with Crippen LogP contribution in [0.5, 0.6) is 0 Å². The monoisotopic (exact) mass is 256 g/mol. The van der Waals surface area contributed by atoms with Crippen LogP contribution in [-0.2, 0) is 14.0 Å². The van der Waals surface area contributed by atoms with Crippen molar-refractivity contribution >= 4 is 15.7 Å². The third kappa shape index (κ3) is 0.813. The van der Waals surface area contributed by atoms with Gasteiger partial charge in [-0.05, 0) is 30.5 Å². The smallest absolute Gasteiger partial charge is 0.0944 e. The molecule has 0 spiro atoms. The molecule has 0 aromatic carbocycles. The van der Waals surface area contributed by atoms with Crippen LogP contribution in [0.3, 0.4) is 0 Å². The van der Waals surface area contributed by atoms with Gasteiger partial charge in [0.1, 0.15) is 0 Å². The van der Waals surface area contributed by atoms with E-state index in [0.29, 0.717) is 5.92 Å². The summed E-state index contributed by atoms with van der Waals surface area (Å²) in [7, 11) is -2.39. The van der Waals surface area contributed by atoms with Crippen LogP contribution in [0.1, 0.15) is 48.0 Å². The van der Waals surface area contributed by atoms with Crippen molar-refractivity contribution in [1.29, 1.82) is 0 Å². The fourth-order valence-electron chi connectivity index (χ4n) is 5.48. The van der Waals surface area contributed by atoms with E-state index in [1.807, 2.05) is 0 Å². The molecule has 17 heavy (non-hydrogen) atoms. The zero-order valence-electron chi connectivity index (χ0n) is 11.8. The van der Waals surface area contributed by atoms with Gasteiger partial charge in [0, 0.05) is 10.8 Å². The third-order valence-electron chi connectivity index (χ3n) is 7.52. The van der Waals surface area contributed by atoms with Crippen LogP contribution in [0.15, 0.2) is 0 Å². The molecule has 0 aromatic heterocycles. The highest BCUT2D eigenvalue weighted by molar-refractivity contribution is 7.96. The molecule has 0 aromatic rings. The average molecular weight is 256 g/mol. The lowest BCUT2D eigenvalue weighted by Gasteiger charge is -2.50. The molecule has 2 nitrogen and oxygen atoms in total. The van der Waals surface area contributed by atoms with Crippen LogP contribution in [0.2, 0.25) is 0 Å². The van der Waals surface area contributed by atoms with E-state index in [9.17, 15) is 4.21 Å². The van der Waals surface area contributed by atoms with Gasteiger partial charge in [-0.25, -0.2) is 4.21 Å². The Bertz CT molecular complexity index is 502. The topological polar surface area (TPSA) is 26.3 Å². The first-order chi connectivity index (χ1) is 7.45. The molecule has 3 aliphatic rings. The summed E-state index contributed by atoms with van der Waals surface area (Å²) >= 11 is 0. The molecule has 1 heterocycles. The van der Waals surface area contributed by atoms with E-state index in [2.05, 4.69) is 47.4 Å². The van der Waals surface area contributed by atoms with Gasteiger partial charge in [0.15, 0.2) is 0 Å². The Morgan fingerprint density at radius 1 is 1.24 bits per heavy atom. The van der Waals surface area contributed by atoms with Crippen LogP contribution in [0, 0.1) is 22.2 Å². The van der Waals surface area contributed by atoms with Gasteiger partial charge in [0.2, 0.25) is 0 Å². The molecule has 3 heteroatoms. The van der Waals surface area contributed by atoms with Crippen molar-refractivity contribution in [3.63, 3.8) is 0 Å². The third-order valence-corrected chi connectivity index (χ3v) is 9.66. The number of hydrogen-bond acceptors (Lipinski definition) is 2. The van der Waals surface area contributed by atoms with Gasteiger partial charge >= 0.3 is 0 Å². The Hall–Kier alpha value is -0.0200. The minimum absolute atomic E-state index is 0.00405. The van der Waals surface area contributed by atoms with E-state index in [-0.39, 0.29) is 27.1 Å². The maximum Gasteiger partial charge on any atom is 0.0944 e. The Kier molecular flexibility index (Phi) is 1.76. The number of fused-ring (bicyclic) bond motifs is 1. The van der Waals surface area contributed by atoms with Crippen molar-refractivity contribution in [3.8, 4) is 0 Å². The van der Waals surface area contributed by atoms with Crippen LogP contribution >= 0.6 is 0 Å². The normalized spacial score (nSPS) is 67.6. The van der Waals surface area contributed by atoms with E-state index in [4.69, 9.17) is 4.18 Å². The van der Waals surface area contributed by atoms with Crippen LogP contribution in [0.25, 0.3) is 0 Å². The van der Waals surface area contributed by atoms with E-state index < -0.39 is 9.80 Å². The quantitative estimate of drug-likeness (QED) is 0.623. The maximum absolute atomic E-state index is 12.7. The first-order valence-electron chi connectivity index (χ1n) is 6.52. The lowest BCUT2D eigenvalue weighted by Crippen LogP contribution is -2.54. The Balaban J connectivity index is 2.38. The second-order valence-corrected chi connectivity index (χ2v) is 9.58. The second-order valence-electron chi connectivity index (χ2n) is 7.52. The largest absolute Gasteiger partial charge is 0.290 e. The average Bonchev–Trinajstić information content (AvgIpc) is 2.49. The summed E-state index contributed by atoms with van der Waals surface area (Å²) in [4.78, 5) is 0. The van der Waals surface area contributed by atoms with Gasteiger partial charge in [0.05, 0.1) is 20.7 Å². The molecule has 2 saturated carbocycles. The molecule has 6 unspecified atom stereocenters. The molecule has 98 valence electrons. The van der Waals surface area contributed by atoms with Gasteiger partial charge in [-0.1, -0.05) is 34.6 Å². The molecular formula is C14H24O2S. The molecule has 0 radical (unpaired) electrons. The summed E-state index contributed by atoms with van der Waals surface area (Å²) in [5, 5.41) is 0.132. The molecule has 6 atom stereocenters. The van der Waals surface area contributed by atoms with Crippen LogP contribution < -0.4 is 0 Å². The van der Waals surface area contributed by atoms with E-state index in [1.165, 1.54) is 0 Å². The summed E-state index contributed by atoms with van der Waals surface area (Å²) in [6.45, 7) is 13.7. The van der Waals surface area contributed by atoms with Crippen LogP contribution in [-0.4, -0.2) is 20.9 Å². The van der Waals surface area contributed by atoms with E-state index >= 15 is 0 Å². The van der Waals surface area contributed by atoms with E-state index in [1.54, 1.807) is 0 Å². The van der Waals surface area contributed by atoms with Gasteiger partial charge in [-0.2, -0.15) is 0 Å². The zero-order chi connectivity index (χ0) is 13.1. The summed E-state index contributed by atoms with van der Waals surface area (Å²) < 4.78 is 18.8. The number of rotatable bonds is 0. The fourth-order valence-corrected chi connectivity index (χ4v) is 8.33. The fraction of sp³-hybridized carbons (Fsp3) is 0.929. The molecule has 3 rings (SSSR count). The summed E-state index contributed by atoms with van der Waals surface area (Å²) in [6.07, 6.45) is 0.996. The number of hydrogen-bond donors (Lipinski definition) is 0. The summed E-state index contributed by atoms with van der Waals surface area (Å²) in [5.74, 6) is 4.45. The van der Waals surface area contributed by atoms with Crippen molar-refractivity contribution in [2.24, 2.45) is 22.2 Å². The molecule has 1 aliphatic heterocycles. The maximum atomic E-state index is 12.7. The standard InChI is InChI=1S/C14H24O2S/c1-9-12(4)8-10-13(9,5)14(6,11(12,2)3)16-17(10,7)15/h9-10H,7-8H2,1-6H3. The minimum Gasteiger partial charge on any atom is -0.290 e. The molecule has 2 aliphatic carbocycles. The highest BCUT2D eigenvalue weighted by Gasteiger charge is 2.84. The molecule has 3 fully saturated rings. The Labute approximate surface area is 105 Å².